The van der Waals surface area contributed by atoms with E-state index in [1.54, 1.807) is 0 Å². The number of nitrogens with zero attached hydrogens (tertiary/aromatic N) is 2. The van der Waals surface area contributed by atoms with Crippen LogP contribution in [0.1, 0.15) is 24.5 Å². The fraction of sp³-hybridized carbons (Fsp3) is 0.533. The highest BCUT2D eigenvalue weighted by Gasteiger charge is 2.26. The van der Waals surface area contributed by atoms with Crippen LogP contribution in [0.3, 0.4) is 0 Å². The Morgan fingerprint density at radius 3 is 2.94 bits per heavy atom. The molecule has 3 nitrogen and oxygen atoms in total. The first kappa shape index (κ1) is 12.9. The number of benzene rings is 1. The molecular formula is C15H21N3. The van der Waals surface area contributed by atoms with E-state index in [0.29, 0.717) is 11.8 Å². The summed E-state index contributed by atoms with van der Waals surface area (Å²) in [6.45, 7) is 7.01. The molecule has 1 saturated heterocycles. The zero-order chi connectivity index (χ0) is 13.1. The summed E-state index contributed by atoms with van der Waals surface area (Å²) in [6, 6.07) is 8.41. The molecule has 1 aromatic rings. The second-order valence-corrected chi connectivity index (χ2v) is 5.34. The zero-order valence-corrected chi connectivity index (χ0v) is 11.2. The summed E-state index contributed by atoms with van der Waals surface area (Å²) in [5.74, 6) is 1.22. The lowest BCUT2D eigenvalue weighted by atomic mass is 9.86. The Hall–Kier alpha value is -1.53. The SMILES string of the molecule is Cc1ccc(N2CCC(C)C(CN)C2)c(C#N)c1. The van der Waals surface area contributed by atoms with Gasteiger partial charge in [0.2, 0.25) is 0 Å². The third-order valence-electron chi connectivity index (χ3n) is 4.03. The van der Waals surface area contributed by atoms with E-state index in [2.05, 4.69) is 30.0 Å². The molecule has 2 unspecified atom stereocenters. The molecular weight excluding hydrogens is 222 g/mol. The fourth-order valence-corrected chi connectivity index (χ4v) is 2.69. The van der Waals surface area contributed by atoms with Crippen LogP contribution in [0.5, 0.6) is 0 Å². The predicted molar refractivity (Wildman–Crippen MR) is 74.4 cm³/mol. The quantitative estimate of drug-likeness (QED) is 0.867. The van der Waals surface area contributed by atoms with Crippen LogP contribution in [0, 0.1) is 30.1 Å². The van der Waals surface area contributed by atoms with Crippen LogP contribution in [0.25, 0.3) is 0 Å². The molecule has 0 spiro atoms. The van der Waals surface area contributed by atoms with E-state index in [9.17, 15) is 5.26 Å². The van der Waals surface area contributed by atoms with E-state index in [1.165, 1.54) is 0 Å². The highest BCUT2D eigenvalue weighted by molar-refractivity contribution is 5.60. The first-order valence-electron chi connectivity index (χ1n) is 6.61. The van der Waals surface area contributed by atoms with Crippen molar-refractivity contribution in [1.29, 1.82) is 5.26 Å². The average Bonchev–Trinajstić information content (AvgIpc) is 2.39. The summed E-state index contributed by atoms with van der Waals surface area (Å²) < 4.78 is 0. The molecule has 2 N–H and O–H groups in total. The number of piperidine rings is 1. The van der Waals surface area contributed by atoms with Crippen molar-refractivity contribution < 1.29 is 0 Å². The lowest BCUT2D eigenvalue weighted by Crippen LogP contribution is -2.43. The van der Waals surface area contributed by atoms with Gasteiger partial charge in [-0.1, -0.05) is 13.0 Å². The van der Waals surface area contributed by atoms with Crippen LogP contribution in [-0.4, -0.2) is 19.6 Å². The standard InChI is InChI=1S/C15H21N3/c1-11-3-4-15(13(7-11)8-16)18-6-5-12(2)14(9-17)10-18/h3-4,7,12,14H,5-6,9-10,17H2,1-2H3. The molecule has 2 rings (SSSR count). The molecule has 0 saturated carbocycles. The minimum absolute atomic E-state index is 0.534. The normalized spacial score (nSPS) is 23.8. The van der Waals surface area contributed by atoms with Gasteiger partial charge in [0.1, 0.15) is 6.07 Å². The second kappa shape index (κ2) is 5.41. The molecule has 1 aliphatic rings. The molecule has 0 aliphatic carbocycles. The van der Waals surface area contributed by atoms with Crippen LogP contribution in [-0.2, 0) is 0 Å². The fourth-order valence-electron chi connectivity index (χ4n) is 2.69. The molecule has 0 bridgehead atoms. The molecule has 1 aromatic carbocycles. The first-order chi connectivity index (χ1) is 8.65. The lowest BCUT2D eigenvalue weighted by Gasteiger charge is -2.38. The summed E-state index contributed by atoms with van der Waals surface area (Å²) in [5, 5.41) is 9.25. The van der Waals surface area contributed by atoms with E-state index < -0.39 is 0 Å². The van der Waals surface area contributed by atoms with Crippen LogP contribution in [0.2, 0.25) is 0 Å². The van der Waals surface area contributed by atoms with Crippen molar-refractivity contribution >= 4 is 5.69 Å². The van der Waals surface area contributed by atoms with Crippen molar-refractivity contribution in [3.63, 3.8) is 0 Å². The van der Waals surface area contributed by atoms with Crippen molar-refractivity contribution in [1.82, 2.24) is 0 Å². The smallest absolute Gasteiger partial charge is 0.101 e. The van der Waals surface area contributed by atoms with E-state index in [0.717, 1.165) is 42.9 Å². The van der Waals surface area contributed by atoms with Crippen molar-refractivity contribution in [3.05, 3.63) is 29.3 Å². The third kappa shape index (κ3) is 2.49. The largest absolute Gasteiger partial charge is 0.370 e. The second-order valence-electron chi connectivity index (χ2n) is 5.34. The number of aryl methyl sites for hydroxylation is 1. The zero-order valence-electron chi connectivity index (χ0n) is 11.2. The predicted octanol–water partition coefficient (Wildman–Crippen LogP) is 2.29. The van der Waals surface area contributed by atoms with Gasteiger partial charge in [-0.05, 0) is 49.4 Å². The van der Waals surface area contributed by atoms with Crippen molar-refractivity contribution in [2.24, 2.45) is 17.6 Å². The number of hydrogen-bond donors (Lipinski definition) is 1. The number of hydrogen-bond acceptors (Lipinski definition) is 3. The van der Waals surface area contributed by atoms with Gasteiger partial charge in [0, 0.05) is 13.1 Å². The van der Waals surface area contributed by atoms with E-state index in [4.69, 9.17) is 5.73 Å². The molecule has 0 aromatic heterocycles. The van der Waals surface area contributed by atoms with Crippen LogP contribution in [0.15, 0.2) is 18.2 Å². The Bertz CT molecular complexity index is 461. The lowest BCUT2D eigenvalue weighted by molar-refractivity contribution is 0.308. The number of anilines is 1. The Kier molecular flexibility index (Phi) is 3.88. The van der Waals surface area contributed by atoms with Gasteiger partial charge in [0.15, 0.2) is 0 Å². The maximum absolute atomic E-state index is 9.25. The van der Waals surface area contributed by atoms with Crippen molar-refractivity contribution in [2.45, 2.75) is 20.3 Å². The number of rotatable bonds is 2. The van der Waals surface area contributed by atoms with Gasteiger partial charge < -0.3 is 10.6 Å². The highest BCUT2D eigenvalue weighted by atomic mass is 15.1. The first-order valence-corrected chi connectivity index (χ1v) is 6.61. The molecule has 1 fully saturated rings. The maximum atomic E-state index is 9.25. The van der Waals surface area contributed by atoms with Crippen molar-refractivity contribution in [3.8, 4) is 6.07 Å². The number of nitrogens with two attached hydrogens (primary N) is 1. The maximum Gasteiger partial charge on any atom is 0.101 e. The Morgan fingerprint density at radius 1 is 1.50 bits per heavy atom. The van der Waals surface area contributed by atoms with Crippen molar-refractivity contribution in [2.75, 3.05) is 24.5 Å². The van der Waals surface area contributed by atoms with Gasteiger partial charge in [0.05, 0.1) is 11.3 Å². The third-order valence-corrected chi connectivity index (χ3v) is 4.03. The highest BCUT2D eigenvalue weighted by Crippen LogP contribution is 2.29. The van der Waals surface area contributed by atoms with E-state index >= 15 is 0 Å². The average molecular weight is 243 g/mol. The molecule has 96 valence electrons. The van der Waals surface area contributed by atoms with E-state index in [-0.39, 0.29) is 0 Å². The van der Waals surface area contributed by atoms with E-state index in [1.807, 2.05) is 13.0 Å². The molecule has 0 radical (unpaired) electrons. The van der Waals surface area contributed by atoms with Gasteiger partial charge in [-0.2, -0.15) is 5.26 Å². The van der Waals surface area contributed by atoms with Gasteiger partial charge in [0.25, 0.3) is 0 Å². The Balaban J connectivity index is 2.25. The van der Waals surface area contributed by atoms with Crippen LogP contribution < -0.4 is 10.6 Å². The van der Waals surface area contributed by atoms with Gasteiger partial charge in [-0.15, -0.1) is 0 Å². The summed E-state index contributed by atoms with van der Waals surface area (Å²) in [4.78, 5) is 2.32. The van der Waals surface area contributed by atoms with Crippen LogP contribution in [0.4, 0.5) is 5.69 Å². The summed E-state index contributed by atoms with van der Waals surface area (Å²) in [5.41, 5.74) is 8.81. The van der Waals surface area contributed by atoms with Gasteiger partial charge in [-0.3, -0.25) is 0 Å². The summed E-state index contributed by atoms with van der Waals surface area (Å²) >= 11 is 0. The molecule has 1 aliphatic heterocycles. The summed E-state index contributed by atoms with van der Waals surface area (Å²) in [7, 11) is 0. The topological polar surface area (TPSA) is 53.0 Å². The molecule has 0 amide bonds. The molecule has 18 heavy (non-hydrogen) atoms. The number of nitriles is 1. The summed E-state index contributed by atoms with van der Waals surface area (Å²) in [6.07, 6.45) is 1.15. The monoisotopic (exact) mass is 243 g/mol. The Morgan fingerprint density at radius 2 is 2.28 bits per heavy atom. The molecule has 2 atom stereocenters. The molecule has 3 heteroatoms. The van der Waals surface area contributed by atoms with Gasteiger partial charge >= 0.3 is 0 Å². The molecule has 1 heterocycles. The van der Waals surface area contributed by atoms with Crippen LogP contribution >= 0.6 is 0 Å². The minimum Gasteiger partial charge on any atom is -0.370 e. The van der Waals surface area contributed by atoms with Gasteiger partial charge in [-0.25, -0.2) is 0 Å². The minimum atomic E-state index is 0.534. The Labute approximate surface area is 109 Å².